The van der Waals surface area contributed by atoms with E-state index < -0.39 is 29.2 Å². The van der Waals surface area contributed by atoms with E-state index in [1.54, 1.807) is 18.2 Å². The molecular weight excluding hydrogens is 396 g/mol. The minimum absolute atomic E-state index is 0.0771. The highest BCUT2D eigenvalue weighted by Gasteiger charge is 2.44. The highest BCUT2D eigenvalue weighted by atomic mass is 16.5. The van der Waals surface area contributed by atoms with Gasteiger partial charge in [-0.05, 0) is 29.3 Å². The highest BCUT2D eigenvalue weighted by Crippen LogP contribution is 2.17. The quantitative estimate of drug-likeness (QED) is 0.308. The third-order valence-electron chi connectivity index (χ3n) is 4.65. The Kier molecular flexibility index (Phi) is 8.61. The van der Waals surface area contributed by atoms with Crippen LogP contribution in [0.2, 0.25) is 0 Å². The normalized spacial score (nSPS) is 15.0. The van der Waals surface area contributed by atoms with E-state index in [0.29, 0.717) is 5.56 Å². The number of hydrogen-bond donors (Lipinski definition) is 4. The fourth-order valence-electron chi connectivity index (χ4n) is 2.91. The number of ketones is 2. The summed E-state index contributed by atoms with van der Waals surface area (Å²) in [4.78, 5) is 25.8. The molecule has 8 heteroatoms. The Bertz CT molecular complexity index is 954. The van der Waals surface area contributed by atoms with Gasteiger partial charge in [-0.2, -0.15) is 5.26 Å². The highest BCUT2D eigenvalue weighted by molar-refractivity contribution is 6.18. The molecule has 0 saturated heterocycles. The van der Waals surface area contributed by atoms with Crippen molar-refractivity contribution in [2.75, 3.05) is 6.61 Å². The number of phenolic OH excluding ortho intramolecular Hbond substituents is 1. The standard InChI is InChI=1S/C23H26N4O4/c24-13-18(25)12-23(27,21(29)11-8-16-6-9-19(28)10-7-16)22(30)20(26)15-31-14-17-4-2-1-3-5-17/h1-11,18,20,28H,12,14-15,25-27H2/b11-8+/t18?,20-,23?/m0/s1. The molecule has 0 saturated carbocycles. The number of nitrogens with two attached hydrogens (primary N) is 3. The second-order valence-corrected chi connectivity index (χ2v) is 7.17. The van der Waals surface area contributed by atoms with Crippen LogP contribution < -0.4 is 17.2 Å². The number of phenols is 1. The predicted molar refractivity (Wildman–Crippen MR) is 116 cm³/mol. The molecule has 31 heavy (non-hydrogen) atoms. The number of ether oxygens (including phenoxy) is 1. The van der Waals surface area contributed by atoms with Crippen LogP contribution in [-0.4, -0.2) is 40.9 Å². The van der Waals surface area contributed by atoms with Crippen molar-refractivity contribution in [3.8, 4) is 11.8 Å². The molecule has 0 radical (unpaired) electrons. The van der Waals surface area contributed by atoms with Crippen molar-refractivity contribution in [2.45, 2.75) is 30.7 Å². The first-order valence-electron chi connectivity index (χ1n) is 9.63. The van der Waals surface area contributed by atoms with E-state index in [4.69, 9.17) is 27.2 Å². The van der Waals surface area contributed by atoms with Crippen LogP contribution in [0, 0.1) is 11.3 Å². The molecule has 8 nitrogen and oxygen atoms in total. The van der Waals surface area contributed by atoms with Gasteiger partial charge < -0.3 is 27.0 Å². The second-order valence-electron chi connectivity index (χ2n) is 7.17. The summed E-state index contributed by atoms with van der Waals surface area (Å²) in [7, 11) is 0. The van der Waals surface area contributed by atoms with Gasteiger partial charge in [0.1, 0.15) is 11.3 Å². The van der Waals surface area contributed by atoms with Crippen molar-refractivity contribution >= 4 is 17.6 Å². The number of benzene rings is 2. The lowest BCUT2D eigenvalue weighted by Gasteiger charge is -2.29. The summed E-state index contributed by atoms with van der Waals surface area (Å²) in [6.07, 6.45) is 2.21. The zero-order valence-electron chi connectivity index (χ0n) is 17.0. The average molecular weight is 422 g/mol. The van der Waals surface area contributed by atoms with Crippen LogP contribution in [0.25, 0.3) is 6.08 Å². The maximum absolute atomic E-state index is 13.0. The van der Waals surface area contributed by atoms with Crippen molar-refractivity contribution in [1.82, 2.24) is 0 Å². The number of carbonyl (C=O) groups is 2. The molecule has 0 aliphatic heterocycles. The van der Waals surface area contributed by atoms with Crippen LogP contribution >= 0.6 is 0 Å². The number of nitriles is 1. The van der Waals surface area contributed by atoms with Gasteiger partial charge in [0.05, 0.1) is 31.4 Å². The molecule has 7 N–H and O–H groups in total. The van der Waals surface area contributed by atoms with Gasteiger partial charge in [0.2, 0.25) is 0 Å². The maximum Gasteiger partial charge on any atom is 0.183 e. The van der Waals surface area contributed by atoms with Crippen LogP contribution in [-0.2, 0) is 20.9 Å². The van der Waals surface area contributed by atoms with Crippen molar-refractivity contribution in [1.29, 1.82) is 5.26 Å². The molecule has 2 unspecified atom stereocenters. The zero-order chi connectivity index (χ0) is 22.9. The van der Waals surface area contributed by atoms with Crippen molar-refractivity contribution in [3.05, 3.63) is 71.8 Å². The van der Waals surface area contributed by atoms with Gasteiger partial charge in [0.25, 0.3) is 0 Å². The van der Waals surface area contributed by atoms with Crippen LogP contribution in [0.3, 0.4) is 0 Å². The number of aromatic hydroxyl groups is 1. The second kappa shape index (κ2) is 11.2. The number of rotatable bonds is 11. The Morgan fingerprint density at radius 2 is 1.77 bits per heavy atom. The van der Waals surface area contributed by atoms with E-state index in [9.17, 15) is 14.7 Å². The SMILES string of the molecule is N#CC(N)CC(N)(C(=O)/C=C/c1ccc(O)cc1)C(=O)[C@@H](N)COCc1ccccc1. The van der Waals surface area contributed by atoms with Crippen molar-refractivity contribution < 1.29 is 19.4 Å². The molecule has 0 bridgehead atoms. The number of hydrogen-bond acceptors (Lipinski definition) is 8. The smallest absolute Gasteiger partial charge is 0.183 e. The van der Waals surface area contributed by atoms with Crippen molar-refractivity contribution in [2.24, 2.45) is 17.2 Å². The fraction of sp³-hybridized carbons (Fsp3) is 0.261. The Morgan fingerprint density at radius 3 is 2.39 bits per heavy atom. The van der Waals surface area contributed by atoms with Gasteiger partial charge in [-0.3, -0.25) is 9.59 Å². The van der Waals surface area contributed by atoms with Gasteiger partial charge in [-0.15, -0.1) is 0 Å². The Labute approximate surface area is 180 Å². The molecule has 0 aliphatic carbocycles. The lowest BCUT2D eigenvalue weighted by atomic mass is 9.81. The first kappa shape index (κ1) is 23.9. The summed E-state index contributed by atoms with van der Waals surface area (Å²) in [6.45, 7) is 0.0925. The molecule has 2 rings (SSSR count). The Balaban J connectivity index is 2.11. The van der Waals surface area contributed by atoms with E-state index in [-0.39, 0.29) is 25.4 Å². The number of nitrogens with zero attached hydrogens (tertiary/aromatic N) is 1. The molecule has 2 aromatic rings. The van der Waals surface area contributed by atoms with Crippen LogP contribution in [0.1, 0.15) is 17.5 Å². The molecule has 0 amide bonds. The molecular formula is C23H26N4O4. The van der Waals surface area contributed by atoms with E-state index in [2.05, 4.69) is 0 Å². The summed E-state index contributed by atoms with van der Waals surface area (Å²) >= 11 is 0. The van der Waals surface area contributed by atoms with E-state index >= 15 is 0 Å². The van der Waals surface area contributed by atoms with E-state index in [1.807, 2.05) is 30.3 Å². The predicted octanol–water partition coefficient (Wildman–Crippen LogP) is 1.03. The third-order valence-corrected chi connectivity index (χ3v) is 4.65. The van der Waals surface area contributed by atoms with Gasteiger partial charge in [-0.25, -0.2) is 0 Å². The molecule has 0 aromatic heterocycles. The van der Waals surface area contributed by atoms with Gasteiger partial charge in [0, 0.05) is 6.42 Å². The summed E-state index contributed by atoms with van der Waals surface area (Å²) in [5.41, 5.74) is 17.3. The summed E-state index contributed by atoms with van der Waals surface area (Å²) < 4.78 is 5.50. The van der Waals surface area contributed by atoms with Gasteiger partial charge in [-0.1, -0.05) is 48.5 Å². The topological polar surface area (TPSA) is 165 Å². The molecule has 0 aliphatic rings. The van der Waals surface area contributed by atoms with Crippen LogP contribution in [0.4, 0.5) is 0 Å². The van der Waals surface area contributed by atoms with E-state index in [0.717, 1.165) is 11.6 Å². The number of Topliss-reactive ketones (excluding diaryl/α,β-unsaturated/α-hetero) is 1. The summed E-state index contributed by atoms with van der Waals surface area (Å²) in [5, 5.41) is 18.4. The number of carbonyl (C=O) groups excluding carboxylic acids is 2. The Hall–Kier alpha value is -3.35. The molecule has 162 valence electrons. The zero-order valence-corrected chi connectivity index (χ0v) is 17.0. The van der Waals surface area contributed by atoms with Gasteiger partial charge >= 0.3 is 0 Å². The molecule has 2 aromatic carbocycles. The largest absolute Gasteiger partial charge is 0.508 e. The van der Waals surface area contributed by atoms with Crippen molar-refractivity contribution in [3.63, 3.8) is 0 Å². The molecule has 3 atom stereocenters. The summed E-state index contributed by atoms with van der Waals surface area (Å²) in [6, 6.07) is 14.9. The molecule has 0 fully saturated rings. The lowest BCUT2D eigenvalue weighted by molar-refractivity contribution is -0.134. The Morgan fingerprint density at radius 1 is 1.13 bits per heavy atom. The molecule has 0 spiro atoms. The van der Waals surface area contributed by atoms with Gasteiger partial charge in [0.15, 0.2) is 11.6 Å². The first-order chi connectivity index (χ1) is 14.8. The van der Waals surface area contributed by atoms with Crippen LogP contribution in [0.15, 0.2) is 60.7 Å². The average Bonchev–Trinajstić information content (AvgIpc) is 2.78. The van der Waals surface area contributed by atoms with E-state index in [1.165, 1.54) is 18.2 Å². The monoisotopic (exact) mass is 422 g/mol. The third kappa shape index (κ3) is 6.84. The summed E-state index contributed by atoms with van der Waals surface area (Å²) in [5.74, 6) is -1.41. The lowest BCUT2D eigenvalue weighted by Crippen LogP contribution is -2.62. The first-order valence-corrected chi connectivity index (χ1v) is 9.63. The fourth-order valence-corrected chi connectivity index (χ4v) is 2.91. The maximum atomic E-state index is 13.0. The minimum Gasteiger partial charge on any atom is -0.508 e. The molecule has 0 heterocycles. The minimum atomic E-state index is -2.07. The van der Waals surface area contributed by atoms with Crippen LogP contribution in [0.5, 0.6) is 5.75 Å².